The number of amides is 1. The molecule has 6 heteroatoms. The second-order valence-electron chi connectivity index (χ2n) is 5.27. The summed E-state index contributed by atoms with van der Waals surface area (Å²) in [4.78, 5) is 15.7. The molecular formula is C13H22N4OS. The third kappa shape index (κ3) is 3.18. The molecule has 1 aliphatic carbocycles. The molecule has 1 saturated carbocycles. The first-order chi connectivity index (χ1) is 9.04. The van der Waals surface area contributed by atoms with Crippen molar-refractivity contribution in [1.82, 2.24) is 9.27 Å². The van der Waals surface area contributed by atoms with Crippen LogP contribution in [0.25, 0.3) is 0 Å². The van der Waals surface area contributed by atoms with Crippen LogP contribution in [0.5, 0.6) is 0 Å². The zero-order valence-corrected chi connectivity index (χ0v) is 12.7. The zero-order chi connectivity index (χ0) is 14.0. The van der Waals surface area contributed by atoms with Gasteiger partial charge in [-0.25, -0.2) is 0 Å². The van der Waals surface area contributed by atoms with Gasteiger partial charge in [0.25, 0.3) is 0 Å². The second-order valence-corrected chi connectivity index (χ2v) is 6.02. The van der Waals surface area contributed by atoms with Crippen molar-refractivity contribution < 1.29 is 4.79 Å². The molecule has 0 saturated heterocycles. The first kappa shape index (κ1) is 14.1. The van der Waals surface area contributed by atoms with Crippen molar-refractivity contribution in [3.05, 3.63) is 5.56 Å². The van der Waals surface area contributed by atoms with E-state index in [1.54, 1.807) is 19.0 Å². The molecule has 0 radical (unpaired) electrons. The minimum Gasteiger partial charge on any atom is -0.383 e. The van der Waals surface area contributed by atoms with E-state index in [0.717, 1.165) is 18.0 Å². The first-order valence-corrected chi connectivity index (χ1v) is 7.52. The summed E-state index contributed by atoms with van der Waals surface area (Å²) in [5, 5.41) is 1.09. The van der Waals surface area contributed by atoms with Crippen LogP contribution in [0.15, 0.2) is 0 Å². The van der Waals surface area contributed by atoms with Gasteiger partial charge in [-0.05, 0) is 36.7 Å². The van der Waals surface area contributed by atoms with E-state index in [1.165, 1.54) is 29.9 Å². The van der Waals surface area contributed by atoms with Gasteiger partial charge in [-0.15, -0.1) is 0 Å². The highest BCUT2D eigenvalue weighted by atomic mass is 32.1. The molecule has 5 nitrogen and oxygen atoms in total. The van der Waals surface area contributed by atoms with Gasteiger partial charge < -0.3 is 15.5 Å². The van der Waals surface area contributed by atoms with Gasteiger partial charge in [0.15, 0.2) is 0 Å². The number of hydrogen-bond donors (Lipinski definition) is 1. The van der Waals surface area contributed by atoms with Crippen molar-refractivity contribution >= 4 is 28.3 Å². The topological polar surface area (TPSA) is 62.5 Å². The average Bonchev–Trinajstić information content (AvgIpc) is 3.12. The van der Waals surface area contributed by atoms with E-state index in [0.29, 0.717) is 18.3 Å². The van der Waals surface area contributed by atoms with Gasteiger partial charge in [-0.1, -0.05) is 6.92 Å². The summed E-state index contributed by atoms with van der Waals surface area (Å²) in [6.45, 7) is 3.39. The van der Waals surface area contributed by atoms with Crippen LogP contribution in [0.2, 0.25) is 0 Å². The molecular weight excluding hydrogens is 260 g/mol. The summed E-state index contributed by atoms with van der Waals surface area (Å²) >= 11 is 1.43. The summed E-state index contributed by atoms with van der Waals surface area (Å²) in [7, 11) is 3.57. The highest BCUT2D eigenvalue weighted by Gasteiger charge is 2.32. The molecule has 106 valence electrons. The molecule has 0 unspecified atom stereocenters. The fraction of sp³-hybridized carbons (Fsp3) is 0.692. The molecule has 0 spiro atoms. The Balaban J connectivity index is 2.21. The molecule has 1 amide bonds. The third-order valence-electron chi connectivity index (χ3n) is 3.33. The van der Waals surface area contributed by atoms with Gasteiger partial charge in [0.1, 0.15) is 10.8 Å². The summed E-state index contributed by atoms with van der Waals surface area (Å²) in [6, 6.07) is 0. The SMILES string of the molecule is CCCN(CC(=O)N(C)C)c1snc(N)c1C1CC1. The van der Waals surface area contributed by atoms with Crippen LogP contribution in [-0.2, 0) is 4.79 Å². The molecule has 1 heterocycles. The summed E-state index contributed by atoms with van der Waals surface area (Å²) in [6.07, 6.45) is 3.39. The van der Waals surface area contributed by atoms with Crippen molar-refractivity contribution in [1.29, 1.82) is 0 Å². The molecule has 0 aliphatic heterocycles. The molecule has 2 N–H and O–H groups in total. The molecule has 0 bridgehead atoms. The van der Waals surface area contributed by atoms with Crippen LogP contribution >= 0.6 is 11.5 Å². The number of nitrogens with two attached hydrogens (primary N) is 1. The summed E-state index contributed by atoms with van der Waals surface area (Å²) in [5.74, 6) is 1.32. The lowest BCUT2D eigenvalue weighted by atomic mass is 10.2. The maximum atomic E-state index is 11.9. The Morgan fingerprint density at radius 2 is 2.16 bits per heavy atom. The lowest BCUT2D eigenvalue weighted by molar-refractivity contribution is -0.127. The van der Waals surface area contributed by atoms with Crippen molar-refractivity contribution in [3.8, 4) is 0 Å². The molecule has 1 aromatic heterocycles. The smallest absolute Gasteiger partial charge is 0.241 e. The number of rotatable bonds is 6. The summed E-state index contributed by atoms with van der Waals surface area (Å²) in [5.41, 5.74) is 7.16. The van der Waals surface area contributed by atoms with Gasteiger partial charge in [-0.2, -0.15) is 4.37 Å². The fourth-order valence-electron chi connectivity index (χ4n) is 2.11. The maximum Gasteiger partial charge on any atom is 0.241 e. The molecule has 1 fully saturated rings. The van der Waals surface area contributed by atoms with Crippen molar-refractivity contribution in [2.45, 2.75) is 32.1 Å². The van der Waals surface area contributed by atoms with E-state index >= 15 is 0 Å². The Labute approximate surface area is 118 Å². The number of hydrogen-bond acceptors (Lipinski definition) is 5. The van der Waals surface area contributed by atoms with Crippen molar-refractivity contribution in [3.63, 3.8) is 0 Å². The van der Waals surface area contributed by atoms with Crippen LogP contribution in [0.4, 0.5) is 10.8 Å². The largest absolute Gasteiger partial charge is 0.383 e. The standard InChI is InChI=1S/C13H22N4OS/c1-4-7-17(8-10(18)16(2)3)13-11(9-5-6-9)12(14)15-19-13/h9H,4-8H2,1-3H3,(H2,14,15). The average molecular weight is 282 g/mol. The second kappa shape index (κ2) is 5.77. The number of aromatic nitrogens is 1. The predicted molar refractivity (Wildman–Crippen MR) is 79.7 cm³/mol. The first-order valence-electron chi connectivity index (χ1n) is 6.74. The van der Waals surface area contributed by atoms with E-state index in [4.69, 9.17) is 5.73 Å². The lowest BCUT2D eigenvalue weighted by Gasteiger charge is -2.24. The Bertz CT molecular complexity index is 453. The minimum atomic E-state index is 0.113. The number of nitrogen functional groups attached to an aromatic ring is 1. The third-order valence-corrected chi connectivity index (χ3v) is 4.27. The Hall–Kier alpha value is -1.30. The van der Waals surface area contributed by atoms with Crippen LogP contribution in [0.3, 0.4) is 0 Å². The van der Waals surface area contributed by atoms with E-state index in [2.05, 4.69) is 16.2 Å². The van der Waals surface area contributed by atoms with Crippen LogP contribution in [0, 0.1) is 0 Å². The van der Waals surface area contributed by atoms with Crippen LogP contribution < -0.4 is 10.6 Å². The van der Waals surface area contributed by atoms with Gasteiger partial charge in [0, 0.05) is 26.2 Å². The lowest BCUT2D eigenvalue weighted by Crippen LogP contribution is -2.37. The van der Waals surface area contributed by atoms with Gasteiger partial charge in [0.2, 0.25) is 5.91 Å². The summed E-state index contributed by atoms with van der Waals surface area (Å²) < 4.78 is 4.29. The highest BCUT2D eigenvalue weighted by Crippen LogP contribution is 2.48. The normalized spacial score (nSPS) is 14.5. The van der Waals surface area contributed by atoms with Gasteiger partial charge in [-0.3, -0.25) is 4.79 Å². The van der Waals surface area contributed by atoms with E-state index in [9.17, 15) is 4.79 Å². The van der Waals surface area contributed by atoms with Crippen molar-refractivity contribution in [2.75, 3.05) is 37.8 Å². The number of carbonyl (C=O) groups excluding carboxylic acids is 1. The molecule has 19 heavy (non-hydrogen) atoms. The monoisotopic (exact) mass is 282 g/mol. The zero-order valence-electron chi connectivity index (χ0n) is 11.8. The number of anilines is 2. The minimum absolute atomic E-state index is 0.113. The molecule has 0 aromatic carbocycles. The van der Waals surface area contributed by atoms with E-state index in [1.807, 2.05) is 0 Å². The number of nitrogens with zero attached hydrogens (tertiary/aromatic N) is 3. The molecule has 2 rings (SSSR count). The predicted octanol–water partition coefficient (Wildman–Crippen LogP) is 1.91. The number of likely N-dealkylation sites (N-methyl/N-ethyl adjacent to an activating group) is 1. The van der Waals surface area contributed by atoms with Crippen LogP contribution in [-0.4, -0.2) is 42.4 Å². The quantitative estimate of drug-likeness (QED) is 0.865. The van der Waals surface area contributed by atoms with Gasteiger partial charge >= 0.3 is 0 Å². The Kier molecular flexibility index (Phi) is 4.29. The van der Waals surface area contributed by atoms with E-state index in [-0.39, 0.29) is 5.91 Å². The maximum absolute atomic E-state index is 11.9. The molecule has 0 atom stereocenters. The Morgan fingerprint density at radius 1 is 1.47 bits per heavy atom. The van der Waals surface area contributed by atoms with Crippen LogP contribution in [0.1, 0.15) is 37.7 Å². The van der Waals surface area contributed by atoms with E-state index < -0.39 is 0 Å². The molecule has 1 aliphatic rings. The Morgan fingerprint density at radius 3 is 2.68 bits per heavy atom. The van der Waals surface area contributed by atoms with Gasteiger partial charge in [0.05, 0.1) is 6.54 Å². The highest BCUT2D eigenvalue weighted by molar-refractivity contribution is 7.10. The van der Waals surface area contributed by atoms with Crippen molar-refractivity contribution in [2.24, 2.45) is 0 Å². The molecule has 1 aromatic rings. The fourth-order valence-corrected chi connectivity index (χ4v) is 3.04. The number of carbonyl (C=O) groups is 1.